The largest absolute Gasteiger partial charge is 0.287 e. The van der Waals surface area contributed by atoms with Crippen molar-refractivity contribution < 1.29 is 8.42 Å². The fourth-order valence-electron chi connectivity index (χ4n) is 2.73. The standard InChI is InChI=1S/C14H21N3O2S/c18-20(19,13-4-3-8-15-10-13)16-14-5-1-2-9-17(14)11-12-6-7-12/h3-4,8,10,12,14,16H,1-2,5-7,9,11H2. The molecule has 1 saturated carbocycles. The fourth-order valence-corrected chi connectivity index (χ4v) is 3.95. The first-order valence-electron chi connectivity index (χ1n) is 7.31. The number of likely N-dealkylation sites (tertiary alicyclic amines) is 1. The van der Waals surface area contributed by atoms with Crippen molar-refractivity contribution >= 4 is 10.0 Å². The van der Waals surface area contributed by atoms with Gasteiger partial charge in [-0.3, -0.25) is 9.88 Å². The smallest absolute Gasteiger partial charge is 0.243 e. The van der Waals surface area contributed by atoms with Crippen LogP contribution in [0, 0.1) is 5.92 Å². The van der Waals surface area contributed by atoms with Crippen molar-refractivity contribution in [2.24, 2.45) is 5.92 Å². The highest BCUT2D eigenvalue weighted by Crippen LogP contribution is 2.31. The first kappa shape index (κ1) is 14.0. The van der Waals surface area contributed by atoms with E-state index in [1.165, 1.54) is 19.0 Å². The highest BCUT2D eigenvalue weighted by atomic mass is 32.2. The quantitative estimate of drug-likeness (QED) is 0.896. The molecule has 0 radical (unpaired) electrons. The third-order valence-corrected chi connectivity index (χ3v) is 5.48. The van der Waals surface area contributed by atoms with Gasteiger partial charge in [-0.1, -0.05) is 0 Å². The van der Waals surface area contributed by atoms with E-state index in [1.54, 1.807) is 18.3 Å². The van der Waals surface area contributed by atoms with Crippen molar-refractivity contribution in [3.63, 3.8) is 0 Å². The molecule has 2 aliphatic rings. The number of hydrogen-bond acceptors (Lipinski definition) is 4. The predicted molar refractivity (Wildman–Crippen MR) is 76.5 cm³/mol. The first-order chi connectivity index (χ1) is 9.65. The maximum Gasteiger partial charge on any atom is 0.243 e. The van der Waals surface area contributed by atoms with E-state index in [4.69, 9.17) is 0 Å². The lowest BCUT2D eigenvalue weighted by molar-refractivity contribution is 0.133. The molecule has 2 fully saturated rings. The Labute approximate surface area is 120 Å². The summed E-state index contributed by atoms with van der Waals surface area (Å²) in [4.78, 5) is 6.44. The maximum absolute atomic E-state index is 12.4. The number of pyridine rings is 1. The SMILES string of the molecule is O=S(=O)(NC1CCCCN1CC1CC1)c1cccnc1. The van der Waals surface area contributed by atoms with Gasteiger partial charge in [-0.05, 0) is 56.7 Å². The van der Waals surface area contributed by atoms with E-state index in [0.717, 1.165) is 38.3 Å². The Balaban J connectivity index is 1.70. The molecule has 1 saturated heterocycles. The second-order valence-corrected chi connectivity index (χ2v) is 7.47. The van der Waals surface area contributed by atoms with Crippen molar-refractivity contribution in [2.75, 3.05) is 13.1 Å². The van der Waals surface area contributed by atoms with Gasteiger partial charge in [0.15, 0.2) is 0 Å². The van der Waals surface area contributed by atoms with Gasteiger partial charge in [0.2, 0.25) is 10.0 Å². The van der Waals surface area contributed by atoms with E-state index >= 15 is 0 Å². The summed E-state index contributed by atoms with van der Waals surface area (Å²) in [7, 11) is -3.46. The third kappa shape index (κ3) is 3.37. The second-order valence-electron chi connectivity index (χ2n) is 5.76. The van der Waals surface area contributed by atoms with Crippen LogP contribution < -0.4 is 4.72 Å². The highest BCUT2D eigenvalue weighted by Gasteiger charge is 2.32. The lowest BCUT2D eigenvalue weighted by Gasteiger charge is -2.35. The number of nitrogens with one attached hydrogen (secondary N) is 1. The summed E-state index contributed by atoms with van der Waals surface area (Å²) in [6.07, 6.45) is 8.65. The van der Waals surface area contributed by atoms with Crippen LogP contribution in [-0.2, 0) is 10.0 Å². The number of rotatable bonds is 5. The molecule has 1 aromatic rings. The van der Waals surface area contributed by atoms with E-state index in [1.807, 2.05) is 0 Å². The van der Waals surface area contributed by atoms with Gasteiger partial charge in [0.1, 0.15) is 4.90 Å². The molecule has 0 bridgehead atoms. The van der Waals surface area contributed by atoms with E-state index < -0.39 is 10.0 Å². The van der Waals surface area contributed by atoms with Gasteiger partial charge in [0.25, 0.3) is 0 Å². The van der Waals surface area contributed by atoms with Gasteiger partial charge < -0.3 is 0 Å². The molecular weight excluding hydrogens is 274 g/mol. The normalized spacial score (nSPS) is 24.7. The van der Waals surface area contributed by atoms with Gasteiger partial charge in [-0.15, -0.1) is 0 Å². The summed E-state index contributed by atoms with van der Waals surface area (Å²) in [6.45, 7) is 2.02. The Hall–Kier alpha value is -0.980. The van der Waals surface area contributed by atoms with Crippen molar-refractivity contribution in [2.45, 2.75) is 43.2 Å². The molecule has 1 aliphatic heterocycles. The topological polar surface area (TPSA) is 62.3 Å². The number of nitrogens with zero attached hydrogens (tertiary/aromatic N) is 2. The van der Waals surface area contributed by atoms with Crippen LogP contribution in [-0.4, -0.2) is 37.6 Å². The van der Waals surface area contributed by atoms with Crippen LogP contribution in [0.25, 0.3) is 0 Å². The van der Waals surface area contributed by atoms with Gasteiger partial charge in [0.05, 0.1) is 6.17 Å². The van der Waals surface area contributed by atoms with E-state index in [9.17, 15) is 8.42 Å². The van der Waals surface area contributed by atoms with Crippen molar-refractivity contribution in [3.05, 3.63) is 24.5 Å². The van der Waals surface area contributed by atoms with Crippen molar-refractivity contribution in [1.29, 1.82) is 0 Å². The Morgan fingerprint density at radius 1 is 1.30 bits per heavy atom. The molecule has 1 aliphatic carbocycles. The van der Waals surface area contributed by atoms with Crippen LogP contribution in [0.4, 0.5) is 0 Å². The lowest BCUT2D eigenvalue weighted by atomic mass is 10.1. The van der Waals surface area contributed by atoms with E-state index in [-0.39, 0.29) is 11.1 Å². The minimum atomic E-state index is -3.46. The zero-order valence-electron chi connectivity index (χ0n) is 11.5. The summed E-state index contributed by atoms with van der Waals surface area (Å²) < 4.78 is 27.6. The van der Waals surface area contributed by atoms with Crippen LogP contribution in [0.5, 0.6) is 0 Å². The fraction of sp³-hybridized carbons (Fsp3) is 0.643. The molecule has 6 heteroatoms. The second kappa shape index (κ2) is 5.79. The summed E-state index contributed by atoms with van der Waals surface area (Å²) in [6, 6.07) is 3.24. The summed E-state index contributed by atoms with van der Waals surface area (Å²) in [5.74, 6) is 0.776. The zero-order valence-corrected chi connectivity index (χ0v) is 12.3. The molecule has 0 amide bonds. The maximum atomic E-state index is 12.4. The van der Waals surface area contributed by atoms with Crippen molar-refractivity contribution in [3.8, 4) is 0 Å². The molecule has 20 heavy (non-hydrogen) atoms. The molecule has 1 unspecified atom stereocenters. The van der Waals surface area contributed by atoms with Gasteiger partial charge in [0, 0.05) is 18.9 Å². The highest BCUT2D eigenvalue weighted by molar-refractivity contribution is 7.89. The lowest BCUT2D eigenvalue weighted by Crippen LogP contribution is -2.51. The molecule has 1 N–H and O–H groups in total. The Bertz CT molecular complexity index is 543. The first-order valence-corrected chi connectivity index (χ1v) is 8.80. The molecule has 0 aromatic carbocycles. The Kier molecular flexibility index (Phi) is 4.05. The molecule has 3 rings (SSSR count). The molecule has 0 spiro atoms. The van der Waals surface area contributed by atoms with Crippen molar-refractivity contribution in [1.82, 2.24) is 14.6 Å². The number of sulfonamides is 1. The number of aromatic nitrogens is 1. The summed E-state index contributed by atoms with van der Waals surface area (Å²) in [5, 5.41) is 0. The molecule has 1 aromatic heterocycles. The molecule has 1 atom stereocenters. The van der Waals surface area contributed by atoms with Crippen LogP contribution in [0.1, 0.15) is 32.1 Å². The van der Waals surface area contributed by atoms with Gasteiger partial charge >= 0.3 is 0 Å². The monoisotopic (exact) mass is 295 g/mol. The summed E-state index contributed by atoms with van der Waals surface area (Å²) in [5.41, 5.74) is 0. The predicted octanol–water partition coefficient (Wildman–Crippen LogP) is 1.58. The van der Waals surface area contributed by atoms with E-state index in [2.05, 4.69) is 14.6 Å². The molecule has 110 valence electrons. The average molecular weight is 295 g/mol. The van der Waals surface area contributed by atoms with Crippen LogP contribution in [0.3, 0.4) is 0 Å². The van der Waals surface area contributed by atoms with Crippen LogP contribution in [0.15, 0.2) is 29.4 Å². The van der Waals surface area contributed by atoms with E-state index in [0.29, 0.717) is 0 Å². The Morgan fingerprint density at radius 2 is 2.15 bits per heavy atom. The summed E-state index contributed by atoms with van der Waals surface area (Å²) >= 11 is 0. The number of hydrogen-bond donors (Lipinski definition) is 1. The molecular formula is C14H21N3O2S. The average Bonchev–Trinajstić information content (AvgIpc) is 3.26. The van der Waals surface area contributed by atoms with Gasteiger partial charge in [-0.25, -0.2) is 8.42 Å². The van der Waals surface area contributed by atoms with Crippen LogP contribution in [0.2, 0.25) is 0 Å². The van der Waals surface area contributed by atoms with Crippen LogP contribution >= 0.6 is 0 Å². The minimum Gasteiger partial charge on any atom is -0.287 e. The molecule has 5 nitrogen and oxygen atoms in total. The molecule has 2 heterocycles. The van der Waals surface area contributed by atoms with Gasteiger partial charge in [-0.2, -0.15) is 4.72 Å². The number of piperidine rings is 1. The Morgan fingerprint density at radius 3 is 2.85 bits per heavy atom. The third-order valence-electron chi connectivity index (χ3n) is 4.04. The minimum absolute atomic E-state index is 0.0606. The zero-order chi connectivity index (χ0) is 14.0.